The number of aryl methyl sites for hydroxylation is 4. The molecule has 2 aromatic carbocycles. The first-order chi connectivity index (χ1) is 22.7. The zero-order chi connectivity index (χ0) is 32.7. The van der Waals surface area contributed by atoms with Crippen molar-refractivity contribution in [1.29, 1.82) is 0 Å². The summed E-state index contributed by atoms with van der Waals surface area (Å²) >= 11 is 7.08. The molecule has 0 saturated carbocycles. The van der Waals surface area contributed by atoms with Crippen molar-refractivity contribution in [3.8, 4) is 44.7 Å². The summed E-state index contributed by atoms with van der Waals surface area (Å²) in [5.74, 6) is 18.4. The number of rotatable bonds is 8. The van der Waals surface area contributed by atoms with E-state index in [0.717, 1.165) is 74.4 Å². The third-order valence-corrected chi connectivity index (χ3v) is 10.7. The van der Waals surface area contributed by atoms with Gasteiger partial charge >= 0.3 is 0 Å². The van der Waals surface area contributed by atoms with Gasteiger partial charge in [0.25, 0.3) is 0 Å². The van der Waals surface area contributed by atoms with Crippen molar-refractivity contribution in [1.82, 2.24) is 0 Å². The van der Waals surface area contributed by atoms with Gasteiger partial charge in [0.15, 0.2) is 0 Å². The molecule has 0 N–H and O–H groups in total. The minimum Gasteiger partial charge on any atom is -0.0747 e. The predicted octanol–water partition coefficient (Wildman–Crippen LogP) is 11.7. The maximum Gasteiger partial charge on any atom is 0.0289 e. The van der Waals surface area contributed by atoms with Crippen molar-refractivity contribution in [2.75, 3.05) is 23.0 Å². The van der Waals surface area contributed by atoms with Gasteiger partial charge in [-0.15, -0.1) is 0 Å². The van der Waals surface area contributed by atoms with Crippen LogP contribution in [0.3, 0.4) is 0 Å². The maximum absolute atomic E-state index is 3.52. The zero-order valence-corrected chi connectivity index (χ0v) is 31.9. The van der Waals surface area contributed by atoms with E-state index in [2.05, 4.69) is 96.7 Å². The third-order valence-electron chi connectivity index (χ3n) is 7.75. The van der Waals surface area contributed by atoms with Crippen LogP contribution >= 0.6 is 47.0 Å². The van der Waals surface area contributed by atoms with Crippen molar-refractivity contribution in [3.63, 3.8) is 0 Å². The summed E-state index contributed by atoms with van der Waals surface area (Å²) < 4.78 is 0. The van der Waals surface area contributed by atoms with E-state index in [9.17, 15) is 0 Å². The van der Waals surface area contributed by atoms with E-state index in [1.807, 2.05) is 0 Å². The second-order valence-electron chi connectivity index (χ2n) is 11.8. The minimum absolute atomic E-state index is 1.05. The predicted molar refractivity (Wildman–Crippen MR) is 214 cm³/mol. The Balaban J connectivity index is 1.74. The van der Waals surface area contributed by atoms with Gasteiger partial charge in [0.2, 0.25) is 0 Å². The van der Waals surface area contributed by atoms with Crippen molar-refractivity contribution in [2.24, 2.45) is 0 Å². The lowest BCUT2D eigenvalue weighted by atomic mass is 9.94. The number of hydrogen-bond acceptors (Lipinski definition) is 4. The SMILES string of the molecule is CCCc1cc2c(CCC)cc1C#CSCCCCCSC#Cc1cc(CCC)c(cc1CCC)C#CSCCCCCSC#C2. The van der Waals surface area contributed by atoms with Crippen LogP contribution in [-0.2, 0) is 25.7 Å². The fourth-order valence-corrected chi connectivity index (χ4v) is 7.90. The van der Waals surface area contributed by atoms with Crippen molar-refractivity contribution in [2.45, 2.75) is 118 Å². The van der Waals surface area contributed by atoms with Crippen LogP contribution in [0.15, 0.2) is 24.3 Å². The Kier molecular flexibility index (Phi) is 20.3. The van der Waals surface area contributed by atoms with Crippen LogP contribution in [0, 0.1) is 44.7 Å². The van der Waals surface area contributed by atoms with Crippen LogP contribution in [0.4, 0.5) is 0 Å². The van der Waals surface area contributed by atoms with E-state index in [1.54, 1.807) is 47.0 Å². The Morgan fingerprint density at radius 1 is 0.391 bits per heavy atom. The van der Waals surface area contributed by atoms with E-state index < -0.39 is 0 Å². The monoisotopic (exact) mass is 684 g/mol. The number of thioether (sulfide) groups is 4. The normalized spacial score (nSPS) is 14.9. The summed E-state index contributed by atoms with van der Waals surface area (Å²) in [6.07, 6.45) is 15.9. The summed E-state index contributed by atoms with van der Waals surface area (Å²) in [6, 6.07) is 9.33. The van der Waals surface area contributed by atoms with Gasteiger partial charge in [-0.05, 0) is 119 Å². The van der Waals surface area contributed by atoms with E-state index in [0.29, 0.717) is 0 Å². The molecule has 0 aliphatic carbocycles. The molecule has 46 heavy (non-hydrogen) atoms. The minimum atomic E-state index is 1.05. The maximum atomic E-state index is 3.52. The van der Waals surface area contributed by atoms with E-state index in [-0.39, 0.29) is 0 Å². The van der Waals surface area contributed by atoms with E-state index in [4.69, 9.17) is 0 Å². The van der Waals surface area contributed by atoms with E-state index >= 15 is 0 Å². The molecule has 0 unspecified atom stereocenters. The lowest BCUT2D eigenvalue weighted by molar-refractivity contribution is 0.787. The summed E-state index contributed by atoms with van der Waals surface area (Å²) in [7, 11) is 0. The quantitative estimate of drug-likeness (QED) is 0.254. The second-order valence-corrected chi connectivity index (χ2v) is 15.4. The fraction of sp³-hybridized carbons (Fsp3) is 0.524. The van der Waals surface area contributed by atoms with Gasteiger partial charge < -0.3 is 0 Å². The highest BCUT2D eigenvalue weighted by molar-refractivity contribution is 8.04. The van der Waals surface area contributed by atoms with Gasteiger partial charge in [-0.3, -0.25) is 0 Å². The molecular formula is C42H52S4. The molecule has 0 fully saturated rings. The van der Waals surface area contributed by atoms with Crippen LogP contribution < -0.4 is 0 Å². The van der Waals surface area contributed by atoms with Crippen molar-refractivity contribution < 1.29 is 0 Å². The molecule has 0 saturated heterocycles. The van der Waals surface area contributed by atoms with Crippen LogP contribution in [0.25, 0.3) is 0 Å². The molecule has 4 bridgehead atoms. The molecular weight excluding hydrogens is 633 g/mol. The fourth-order valence-electron chi connectivity index (χ4n) is 5.37. The van der Waals surface area contributed by atoms with Crippen LogP contribution in [0.5, 0.6) is 0 Å². The van der Waals surface area contributed by atoms with Gasteiger partial charge in [0.1, 0.15) is 0 Å². The van der Waals surface area contributed by atoms with Crippen LogP contribution in [0.1, 0.15) is 136 Å². The smallest absolute Gasteiger partial charge is 0.0289 e. The first-order valence-corrected chi connectivity index (χ1v) is 21.5. The molecule has 0 nitrogen and oxygen atoms in total. The largest absolute Gasteiger partial charge is 0.0747 e. The molecule has 4 aliphatic rings. The highest BCUT2D eigenvalue weighted by atomic mass is 32.2. The first-order valence-electron chi connectivity index (χ1n) is 17.5. The van der Waals surface area contributed by atoms with Crippen molar-refractivity contribution in [3.05, 3.63) is 68.8 Å². The Labute approximate surface area is 299 Å². The standard InChI is InChI=1S/C42H52S4/c1-5-15-35-31-40-20-28-44-24-12-10-14-26-46-30-22-42-34-37(17-7-3)41(33-38(42)18-8-4)21-29-45-25-13-9-11-23-43-27-19-39(35)32-36(40)16-6-2/h31-34H,5-18,23-26H2,1-4H3. The Morgan fingerprint density at radius 2 is 0.630 bits per heavy atom. The van der Waals surface area contributed by atoms with Crippen LogP contribution in [-0.4, -0.2) is 23.0 Å². The molecule has 0 spiro atoms. The third kappa shape index (κ3) is 14.5. The summed E-state index contributed by atoms with van der Waals surface area (Å²) in [5, 5.41) is 13.7. The number of hydrogen-bond donors (Lipinski definition) is 0. The average molecular weight is 685 g/mol. The highest BCUT2D eigenvalue weighted by Gasteiger charge is 2.09. The van der Waals surface area contributed by atoms with Crippen molar-refractivity contribution >= 4 is 47.0 Å². The highest BCUT2D eigenvalue weighted by Crippen LogP contribution is 2.22. The Bertz CT molecular complexity index is 1250. The summed E-state index contributed by atoms with van der Waals surface area (Å²) in [5.41, 5.74) is 10.2. The summed E-state index contributed by atoms with van der Waals surface area (Å²) in [6.45, 7) is 9.00. The molecule has 4 heteroatoms. The Morgan fingerprint density at radius 3 is 0.848 bits per heavy atom. The summed E-state index contributed by atoms with van der Waals surface area (Å²) in [4.78, 5) is 0. The lowest BCUT2D eigenvalue weighted by Crippen LogP contribution is -1.98. The average Bonchev–Trinajstić information content (AvgIpc) is 3.05. The lowest BCUT2D eigenvalue weighted by Gasteiger charge is -2.10. The molecule has 0 radical (unpaired) electrons. The Hall–Kier alpha value is -1.92. The van der Waals surface area contributed by atoms with Crippen LogP contribution in [0.2, 0.25) is 0 Å². The van der Waals surface area contributed by atoms with Gasteiger partial charge in [0.05, 0.1) is 0 Å². The van der Waals surface area contributed by atoms with Gasteiger partial charge in [-0.1, -0.05) is 137 Å². The van der Waals surface area contributed by atoms with E-state index in [1.165, 1.54) is 83.0 Å². The van der Waals surface area contributed by atoms with Gasteiger partial charge in [-0.25, -0.2) is 0 Å². The zero-order valence-electron chi connectivity index (χ0n) is 28.7. The first kappa shape index (κ1) is 38.5. The topological polar surface area (TPSA) is 0 Å². The second kappa shape index (κ2) is 24.3. The number of benzene rings is 2. The molecule has 4 heterocycles. The van der Waals surface area contributed by atoms with Gasteiger partial charge in [0, 0.05) is 45.3 Å². The van der Waals surface area contributed by atoms with Gasteiger partial charge in [-0.2, -0.15) is 0 Å². The molecule has 0 aromatic heterocycles. The molecule has 4 aliphatic heterocycles. The molecule has 2 aromatic rings. The molecule has 0 amide bonds. The molecule has 0 atom stereocenters. The molecule has 244 valence electrons. The molecule has 6 rings (SSSR count).